The molecule has 0 aromatic heterocycles. The molecular formula is C14H20O5. The highest BCUT2D eigenvalue weighted by atomic mass is 16.5. The Labute approximate surface area is 113 Å². The van der Waals surface area contributed by atoms with Crippen molar-refractivity contribution >= 4 is 5.78 Å². The zero-order valence-electron chi connectivity index (χ0n) is 11.3. The van der Waals surface area contributed by atoms with Crippen LogP contribution in [0.5, 0.6) is 11.5 Å². The van der Waals surface area contributed by atoms with Gasteiger partial charge in [-0.15, -0.1) is 0 Å². The number of benzene rings is 1. The molecule has 0 heterocycles. The number of carbonyl (C=O) groups is 1. The molecule has 0 spiro atoms. The number of aliphatic hydroxyl groups is 1. The lowest BCUT2D eigenvalue weighted by Gasteiger charge is -2.13. The smallest absolute Gasteiger partial charge is 0.162 e. The fourth-order valence-electron chi connectivity index (χ4n) is 1.51. The average molecular weight is 268 g/mol. The minimum absolute atomic E-state index is 0.0466. The number of ketones is 1. The first-order valence-corrected chi connectivity index (χ1v) is 6.25. The van der Waals surface area contributed by atoms with E-state index in [2.05, 4.69) is 0 Å². The molecule has 0 saturated heterocycles. The van der Waals surface area contributed by atoms with Crippen molar-refractivity contribution < 1.29 is 24.1 Å². The van der Waals surface area contributed by atoms with Gasteiger partial charge in [0.25, 0.3) is 0 Å². The van der Waals surface area contributed by atoms with Crippen molar-refractivity contribution in [3.63, 3.8) is 0 Å². The topological polar surface area (TPSA) is 65.0 Å². The zero-order chi connectivity index (χ0) is 14.1. The van der Waals surface area contributed by atoms with Crippen LogP contribution in [0, 0.1) is 0 Å². The van der Waals surface area contributed by atoms with Crippen molar-refractivity contribution in [1.82, 2.24) is 0 Å². The lowest BCUT2D eigenvalue weighted by atomic mass is 10.1. The number of rotatable bonds is 9. The second kappa shape index (κ2) is 8.50. The molecule has 0 fully saturated rings. The van der Waals surface area contributed by atoms with E-state index >= 15 is 0 Å². The summed E-state index contributed by atoms with van der Waals surface area (Å²) >= 11 is 0. The van der Waals surface area contributed by atoms with E-state index in [9.17, 15) is 4.79 Å². The first-order valence-electron chi connectivity index (χ1n) is 6.25. The van der Waals surface area contributed by atoms with Gasteiger partial charge in [-0.2, -0.15) is 0 Å². The lowest BCUT2D eigenvalue weighted by Crippen LogP contribution is -2.08. The normalized spacial score (nSPS) is 10.3. The van der Waals surface area contributed by atoms with Gasteiger partial charge in [-0.1, -0.05) is 6.92 Å². The standard InChI is InChI=1S/C14H20O5/c1-3-12(16)11-4-5-13(18-7-6-15)14(10-11)19-9-8-17-2/h4-5,10,15H,3,6-9H2,1-2H3. The molecular weight excluding hydrogens is 248 g/mol. The Morgan fingerprint density at radius 1 is 1.16 bits per heavy atom. The van der Waals surface area contributed by atoms with E-state index in [-0.39, 0.29) is 19.0 Å². The van der Waals surface area contributed by atoms with E-state index < -0.39 is 0 Å². The molecule has 5 heteroatoms. The molecule has 0 aliphatic heterocycles. The van der Waals surface area contributed by atoms with Crippen molar-refractivity contribution in [2.75, 3.05) is 33.5 Å². The molecule has 0 atom stereocenters. The molecule has 0 aliphatic rings. The summed E-state index contributed by atoms with van der Waals surface area (Å²) in [6.45, 7) is 2.74. The maximum Gasteiger partial charge on any atom is 0.162 e. The fraction of sp³-hybridized carbons (Fsp3) is 0.500. The Hall–Kier alpha value is -1.59. The Bertz CT molecular complexity index is 403. The molecule has 1 rings (SSSR count). The van der Waals surface area contributed by atoms with Gasteiger partial charge < -0.3 is 19.3 Å². The van der Waals surface area contributed by atoms with Crippen molar-refractivity contribution in [3.8, 4) is 11.5 Å². The number of carbonyl (C=O) groups excluding carboxylic acids is 1. The van der Waals surface area contributed by atoms with Crippen LogP contribution in [0.1, 0.15) is 23.7 Å². The fourth-order valence-corrected chi connectivity index (χ4v) is 1.51. The summed E-state index contributed by atoms with van der Waals surface area (Å²) in [4.78, 5) is 11.7. The van der Waals surface area contributed by atoms with E-state index in [1.54, 1.807) is 25.3 Å². The highest BCUT2D eigenvalue weighted by Crippen LogP contribution is 2.29. The van der Waals surface area contributed by atoms with Crippen LogP contribution in [0.25, 0.3) is 0 Å². The molecule has 0 saturated carbocycles. The van der Waals surface area contributed by atoms with Crippen molar-refractivity contribution in [2.45, 2.75) is 13.3 Å². The van der Waals surface area contributed by atoms with Gasteiger partial charge in [0.15, 0.2) is 17.3 Å². The SMILES string of the molecule is CCC(=O)c1ccc(OCCO)c(OCCOC)c1. The first kappa shape index (κ1) is 15.5. The average Bonchev–Trinajstić information content (AvgIpc) is 2.45. The summed E-state index contributed by atoms with van der Waals surface area (Å²) in [6.07, 6.45) is 0.439. The van der Waals surface area contributed by atoms with Crippen LogP contribution < -0.4 is 9.47 Å². The van der Waals surface area contributed by atoms with Gasteiger partial charge in [-0.3, -0.25) is 4.79 Å². The molecule has 0 bridgehead atoms. The van der Waals surface area contributed by atoms with Crippen LogP contribution in [-0.4, -0.2) is 44.4 Å². The molecule has 0 aliphatic carbocycles. The number of methoxy groups -OCH3 is 1. The second-order valence-electron chi connectivity index (χ2n) is 3.85. The lowest BCUT2D eigenvalue weighted by molar-refractivity contribution is 0.0987. The Kier molecular flexibility index (Phi) is 6.92. The van der Waals surface area contributed by atoms with Crippen molar-refractivity contribution in [3.05, 3.63) is 23.8 Å². The number of aliphatic hydroxyl groups excluding tert-OH is 1. The minimum Gasteiger partial charge on any atom is -0.487 e. The van der Waals surface area contributed by atoms with Crippen LogP contribution in [0.4, 0.5) is 0 Å². The molecule has 0 radical (unpaired) electrons. The Morgan fingerprint density at radius 2 is 1.89 bits per heavy atom. The third-order valence-electron chi connectivity index (χ3n) is 2.48. The van der Waals surface area contributed by atoms with Crippen LogP contribution in [0.15, 0.2) is 18.2 Å². The highest BCUT2D eigenvalue weighted by molar-refractivity contribution is 5.96. The molecule has 1 N–H and O–H groups in total. The van der Waals surface area contributed by atoms with Crippen LogP contribution >= 0.6 is 0 Å². The molecule has 0 unspecified atom stereocenters. The number of hydrogen-bond donors (Lipinski definition) is 1. The predicted molar refractivity (Wildman–Crippen MR) is 71.0 cm³/mol. The Morgan fingerprint density at radius 3 is 2.53 bits per heavy atom. The van der Waals surface area contributed by atoms with E-state index in [1.165, 1.54) is 0 Å². The summed E-state index contributed by atoms with van der Waals surface area (Å²) in [6, 6.07) is 5.04. The third-order valence-corrected chi connectivity index (χ3v) is 2.48. The van der Waals surface area contributed by atoms with Gasteiger partial charge in [0.1, 0.15) is 13.2 Å². The maximum atomic E-state index is 11.7. The van der Waals surface area contributed by atoms with E-state index in [0.29, 0.717) is 36.7 Å². The molecule has 19 heavy (non-hydrogen) atoms. The van der Waals surface area contributed by atoms with E-state index in [0.717, 1.165) is 0 Å². The maximum absolute atomic E-state index is 11.7. The number of Topliss-reactive ketones (excluding diaryl/α,β-unsaturated/α-hetero) is 1. The quantitative estimate of drug-likeness (QED) is 0.545. The van der Waals surface area contributed by atoms with Gasteiger partial charge >= 0.3 is 0 Å². The van der Waals surface area contributed by atoms with Crippen LogP contribution in [0.2, 0.25) is 0 Å². The summed E-state index contributed by atoms with van der Waals surface area (Å²) in [5.41, 5.74) is 0.589. The first-order chi connectivity index (χ1) is 9.22. The highest BCUT2D eigenvalue weighted by Gasteiger charge is 2.10. The summed E-state index contributed by atoms with van der Waals surface area (Å²) in [7, 11) is 1.59. The van der Waals surface area contributed by atoms with Crippen LogP contribution in [-0.2, 0) is 4.74 Å². The second-order valence-corrected chi connectivity index (χ2v) is 3.85. The summed E-state index contributed by atoms with van der Waals surface area (Å²) in [5.74, 6) is 1.05. The predicted octanol–water partition coefficient (Wildman–Crippen LogP) is 1.68. The third kappa shape index (κ3) is 4.89. The van der Waals surface area contributed by atoms with Gasteiger partial charge in [-0.05, 0) is 18.2 Å². The monoisotopic (exact) mass is 268 g/mol. The zero-order valence-corrected chi connectivity index (χ0v) is 11.3. The molecule has 1 aromatic rings. The largest absolute Gasteiger partial charge is 0.487 e. The van der Waals surface area contributed by atoms with Gasteiger partial charge in [0, 0.05) is 19.1 Å². The van der Waals surface area contributed by atoms with Crippen LogP contribution in [0.3, 0.4) is 0 Å². The van der Waals surface area contributed by atoms with Crippen molar-refractivity contribution in [2.24, 2.45) is 0 Å². The molecule has 0 amide bonds. The number of hydrogen-bond acceptors (Lipinski definition) is 5. The minimum atomic E-state index is -0.0762. The Balaban J connectivity index is 2.86. The van der Waals surface area contributed by atoms with Gasteiger partial charge in [0.05, 0.1) is 13.2 Å². The van der Waals surface area contributed by atoms with Gasteiger partial charge in [-0.25, -0.2) is 0 Å². The van der Waals surface area contributed by atoms with Gasteiger partial charge in [0.2, 0.25) is 0 Å². The summed E-state index contributed by atoms with van der Waals surface area (Å²) < 4.78 is 15.8. The summed E-state index contributed by atoms with van der Waals surface area (Å²) in [5, 5.41) is 8.77. The molecule has 106 valence electrons. The molecule has 1 aromatic carbocycles. The molecule has 5 nitrogen and oxygen atoms in total. The van der Waals surface area contributed by atoms with Crippen molar-refractivity contribution in [1.29, 1.82) is 0 Å². The number of ether oxygens (including phenoxy) is 3. The van der Waals surface area contributed by atoms with E-state index in [4.69, 9.17) is 19.3 Å². The van der Waals surface area contributed by atoms with E-state index in [1.807, 2.05) is 6.92 Å².